The van der Waals surface area contributed by atoms with Gasteiger partial charge in [-0.05, 0) is 17.7 Å². The number of benzene rings is 1. The van der Waals surface area contributed by atoms with Crippen LogP contribution in [0.1, 0.15) is 11.0 Å². The first-order valence-electron chi connectivity index (χ1n) is 3.40. The Balaban J connectivity index is 0.00000196. The molecule has 0 fully saturated rings. The van der Waals surface area contributed by atoms with Gasteiger partial charge in [0.25, 0.3) is 0 Å². The molecular formula is C7H5ClFNaO4S. The molecule has 1 aromatic carbocycles. The molecule has 0 amide bonds. The Labute approximate surface area is 113 Å². The fraction of sp³-hybridized carbons (Fsp3) is 0.143. The second-order valence-corrected chi connectivity index (χ2v) is 4.36. The van der Waals surface area contributed by atoms with Gasteiger partial charge in [-0.15, -0.1) is 0 Å². The van der Waals surface area contributed by atoms with Gasteiger partial charge in [-0.1, -0.05) is 17.7 Å². The standard InChI is InChI=1S/C7H6ClFO4S.Na/c8-5-2-1-4(3-6(5)9)7(10)14(11,12)13;/h1-3,7,10H,(H,11,12,13);/q;+1/p-1. The Bertz CT molecular complexity index is 450. The van der Waals surface area contributed by atoms with Crippen molar-refractivity contribution in [2.24, 2.45) is 0 Å². The summed E-state index contributed by atoms with van der Waals surface area (Å²) in [6.07, 6.45) is 0. The van der Waals surface area contributed by atoms with Crippen LogP contribution in [0.2, 0.25) is 5.02 Å². The SMILES string of the molecule is O=S(=O)([O-])C(O)c1ccc(Cl)c(F)c1.[Na+]. The smallest absolute Gasteiger partial charge is 0.746 e. The molecule has 1 rings (SSSR count). The van der Waals surface area contributed by atoms with Gasteiger partial charge < -0.3 is 9.66 Å². The monoisotopic (exact) mass is 262 g/mol. The van der Waals surface area contributed by atoms with Crippen LogP contribution < -0.4 is 29.6 Å². The van der Waals surface area contributed by atoms with Gasteiger partial charge in [0.2, 0.25) is 0 Å². The van der Waals surface area contributed by atoms with E-state index in [0.29, 0.717) is 6.07 Å². The van der Waals surface area contributed by atoms with Gasteiger partial charge in [-0.2, -0.15) is 0 Å². The van der Waals surface area contributed by atoms with Crippen molar-refractivity contribution in [2.45, 2.75) is 5.44 Å². The summed E-state index contributed by atoms with van der Waals surface area (Å²) >= 11 is 5.32. The van der Waals surface area contributed by atoms with Gasteiger partial charge in [-0.3, -0.25) is 0 Å². The average Bonchev–Trinajstić information content (AvgIpc) is 2.07. The Morgan fingerprint density at radius 3 is 2.40 bits per heavy atom. The summed E-state index contributed by atoms with van der Waals surface area (Å²) in [6, 6.07) is 2.81. The van der Waals surface area contributed by atoms with Crippen molar-refractivity contribution in [1.82, 2.24) is 0 Å². The molecule has 1 unspecified atom stereocenters. The molecule has 15 heavy (non-hydrogen) atoms. The van der Waals surface area contributed by atoms with Crippen molar-refractivity contribution in [2.75, 3.05) is 0 Å². The van der Waals surface area contributed by atoms with E-state index < -0.39 is 21.4 Å². The number of aliphatic hydroxyl groups excluding tert-OH is 1. The number of rotatable bonds is 2. The Hall–Kier alpha value is 0.310. The van der Waals surface area contributed by atoms with E-state index in [-0.39, 0.29) is 40.1 Å². The van der Waals surface area contributed by atoms with Crippen LogP contribution in [0, 0.1) is 5.82 Å². The van der Waals surface area contributed by atoms with Crippen LogP contribution in [0.25, 0.3) is 0 Å². The molecule has 8 heteroatoms. The van der Waals surface area contributed by atoms with E-state index in [4.69, 9.17) is 16.7 Å². The molecule has 0 aliphatic heterocycles. The van der Waals surface area contributed by atoms with Crippen molar-refractivity contribution < 1.29 is 52.0 Å². The largest absolute Gasteiger partial charge is 1.00 e. The van der Waals surface area contributed by atoms with Gasteiger partial charge in [0.1, 0.15) is 15.9 Å². The van der Waals surface area contributed by atoms with Crippen LogP contribution in [0.15, 0.2) is 18.2 Å². The van der Waals surface area contributed by atoms with Gasteiger partial charge in [0, 0.05) is 0 Å². The molecular weight excluding hydrogens is 258 g/mol. The van der Waals surface area contributed by atoms with Gasteiger partial charge in [0.15, 0.2) is 5.44 Å². The summed E-state index contributed by atoms with van der Waals surface area (Å²) in [5.41, 5.74) is -2.61. The van der Waals surface area contributed by atoms with Crippen molar-refractivity contribution >= 4 is 21.7 Å². The van der Waals surface area contributed by atoms with E-state index in [1.807, 2.05) is 0 Å². The molecule has 1 aromatic rings. The van der Waals surface area contributed by atoms with E-state index in [1.165, 1.54) is 0 Å². The molecule has 0 saturated carbocycles. The molecule has 0 bridgehead atoms. The first kappa shape index (κ1) is 15.3. The molecule has 0 radical (unpaired) electrons. The molecule has 0 aliphatic carbocycles. The number of hydrogen-bond acceptors (Lipinski definition) is 4. The van der Waals surface area contributed by atoms with Crippen molar-refractivity contribution in [3.05, 3.63) is 34.6 Å². The second kappa shape index (κ2) is 5.58. The van der Waals surface area contributed by atoms with Gasteiger partial charge in [-0.25, -0.2) is 12.8 Å². The summed E-state index contributed by atoms with van der Waals surface area (Å²) in [5.74, 6) is -0.896. The average molecular weight is 263 g/mol. The molecule has 1 atom stereocenters. The van der Waals surface area contributed by atoms with Crippen LogP contribution in [-0.2, 0) is 10.1 Å². The summed E-state index contributed by atoms with van der Waals surface area (Å²) in [5, 5.41) is 8.74. The fourth-order valence-corrected chi connectivity index (χ4v) is 1.43. The van der Waals surface area contributed by atoms with Crippen LogP contribution in [0.4, 0.5) is 4.39 Å². The van der Waals surface area contributed by atoms with Crippen LogP contribution in [0.5, 0.6) is 0 Å². The van der Waals surface area contributed by atoms with E-state index in [1.54, 1.807) is 0 Å². The summed E-state index contributed by atoms with van der Waals surface area (Å²) in [4.78, 5) is 0. The molecule has 4 nitrogen and oxygen atoms in total. The normalized spacial score (nSPS) is 13.1. The minimum atomic E-state index is -4.89. The van der Waals surface area contributed by atoms with E-state index >= 15 is 0 Å². The van der Waals surface area contributed by atoms with Crippen LogP contribution >= 0.6 is 11.6 Å². The zero-order valence-corrected chi connectivity index (χ0v) is 11.2. The molecule has 0 spiro atoms. The van der Waals surface area contributed by atoms with Crippen molar-refractivity contribution in [3.8, 4) is 0 Å². The fourth-order valence-electron chi connectivity index (χ4n) is 0.833. The Morgan fingerprint density at radius 2 is 2.00 bits per heavy atom. The maximum atomic E-state index is 12.8. The van der Waals surface area contributed by atoms with Crippen molar-refractivity contribution in [1.29, 1.82) is 0 Å². The predicted molar refractivity (Wildman–Crippen MR) is 46.1 cm³/mol. The minimum absolute atomic E-state index is 0. The van der Waals surface area contributed by atoms with Crippen LogP contribution in [-0.4, -0.2) is 18.1 Å². The van der Waals surface area contributed by atoms with Gasteiger partial charge in [0.05, 0.1) is 5.02 Å². The van der Waals surface area contributed by atoms with E-state index in [9.17, 15) is 17.4 Å². The molecule has 0 saturated heterocycles. The number of hydrogen-bond donors (Lipinski definition) is 1. The quantitative estimate of drug-likeness (QED) is 0.495. The molecule has 0 heterocycles. The van der Waals surface area contributed by atoms with E-state index in [0.717, 1.165) is 12.1 Å². The van der Waals surface area contributed by atoms with Gasteiger partial charge >= 0.3 is 29.6 Å². The van der Waals surface area contributed by atoms with E-state index in [2.05, 4.69) is 0 Å². The predicted octanol–water partition coefficient (Wildman–Crippen LogP) is -1.98. The first-order valence-corrected chi connectivity index (χ1v) is 5.25. The molecule has 78 valence electrons. The topological polar surface area (TPSA) is 77.4 Å². The first-order chi connectivity index (χ1) is 6.32. The number of aliphatic hydroxyl groups is 1. The maximum absolute atomic E-state index is 12.8. The maximum Gasteiger partial charge on any atom is 1.00 e. The zero-order valence-electron chi connectivity index (χ0n) is 7.65. The third-order valence-corrected chi connectivity index (χ3v) is 2.63. The zero-order chi connectivity index (χ0) is 10.9. The minimum Gasteiger partial charge on any atom is -0.746 e. The van der Waals surface area contributed by atoms with Crippen LogP contribution in [0.3, 0.4) is 0 Å². The summed E-state index contributed by atoms with van der Waals surface area (Å²) in [6.45, 7) is 0. The molecule has 0 aliphatic rings. The summed E-state index contributed by atoms with van der Waals surface area (Å²) in [7, 11) is -4.89. The third kappa shape index (κ3) is 3.99. The van der Waals surface area contributed by atoms with Crippen molar-refractivity contribution in [3.63, 3.8) is 0 Å². The Kier molecular flexibility index (Phi) is 5.70. The summed E-state index contributed by atoms with van der Waals surface area (Å²) < 4.78 is 43.9. The second-order valence-electron chi connectivity index (χ2n) is 2.52. The molecule has 1 N–H and O–H groups in total. The number of halogens is 2. The Morgan fingerprint density at radius 1 is 1.47 bits per heavy atom. The third-order valence-electron chi connectivity index (χ3n) is 1.50. The molecule has 0 aromatic heterocycles.